The normalized spacial score (nSPS) is 10.2. The first-order chi connectivity index (χ1) is 8.11. The van der Waals surface area contributed by atoms with Crippen molar-refractivity contribution in [2.75, 3.05) is 7.11 Å². The van der Waals surface area contributed by atoms with Crippen LogP contribution >= 0.6 is 0 Å². The van der Waals surface area contributed by atoms with Gasteiger partial charge >= 0.3 is 5.97 Å². The molecule has 0 radical (unpaired) electrons. The number of hydrogen-bond donors (Lipinski definition) is 2. The summed E-state index contributed by atoms with van der Waals surface area (Å²) in [6.45, 7) is 0. The number of rotatable bonds is 3. The van der Waals surface area contributed by atoms with Crippen molar-refractivity contribution in [1.29, 1.82) is 0 Å². The summed E-state index contributed by atoms with van der Waals surface area (Å²) in [5, 5.41) is 8.72. The van der Waals surface area contributed by atoms with Gasteiger partial charge in [-0.05, 0) is 18.2 Å². The first kappa shape index (κ1) is 11.1. The third kappa shape index (κ3) is 2.10. The van der Waals surface area contributed by atoms with Crippen molar-refractivity contribution in [1.82, 2.24) is 9.97 Å². The minimum Gasteiger partial charge on any atom is -0.494 e. The van der Waals surface area contributed by atoms with E-state index in [1.54, 1.807) is 0 Å². The molecule has 1 aromatic carbocycles. The number of nitrogens with zero attached hydrogens (tertiary/aromatic N) is 1. The number of ether oxygens (including phenoxy) is 1. The van der Waals surface area contributed by atoms with Crippen molar-refractivity contribution in [3.05, 3.63) is 35.9 Å². The number of halogens is 1. The maximum Gasteiger partial charge on any atom is 0.356 e. The number of nitrogens with one attached hydrogen (secondary N) is 1. The van der Waals surface area contributed by atoms with E-state index in [0.717, 1.165) is 0 Å². The smallest absolute Gasteiger partial charge is 0.356 e. The van der Waals surface area contributed by atoms with Gasteiger partial charge in [0.2, 0.25) is 0 Å². The fourth-order valence-electron chi connectivity index (χ4n) is 1.39. The number of aromatic nitrogens is 2. The number of aromatic amines is 1. The number of hydrogen-bond acceptors (Lipinski definition) is 3. The Labute approximate surface area is 95.9 Å². The molecule has 0 unspecified atom stereocenters. The second-order valence-electron chi connectivity index (χ2n) is 3.29. The highest BCUT2D eigenvalue weighted by atomic mass is 19.1. The molecular formula is C11H9FN2O3. The van der Waals surface area contributed by atoms with E-state index in [2.05, 4.69) is 9.97 Å². The summed E-state index contributed by atoms with van der Waals surface area (Å²) in [5.41, 5.74) is 0.457. The van der Waals surface area contributed by atoms with Crippen LogP contribution in [-0.4, -0.2) is 28.2 Å². The van der Waals surface area contributed by atoms with Crippen LogP contribution in [0.15, 0.2) is 24.4 Å². The molecule has 2 rings (SSSR count). The average Bonchev–Trinajstić information content (AvgIpc) is 2.79. The number of methoxy groups -OCH3 is 1. The number of carboxylic acid groups (broad SMARTS) is 1. The third-order valence-electron chi connectivity index (χ3n) is 2.22. The minimum absolute atomic E-state index is 0.0794. The molecule has 2 N–H and O–H groups in total. The highest BCUT2D eigenvalue weighted by Gasteiger charge is 2.11. The molecule has 2 aromatic rings. The summed E-state index contributed by atoms with van der Waals surface area (Å²) in [6.07, 6.45) is 1.27. The Morgan fingerprint density at radius 1 is 1.53 bits per heavy atom. The zero-order valence-corrected chi connectivity index (χ0v) is 8.90. The average molecular weight is 236 g/mol. The Bertz CT molecular complexity index is 566. The molecule has 0 spiro atoms. The van der Waals surface area contributed by atoms with Crippen molar-refractivity contribution >= 4 is 5.97 Å². The Hall–Kier alpha value is -2.37. The van der Waals surface area contributed by atoms with Crippen LogP contribution < -0.4 is 4.74 Å². The van der Waals surface area contributed by atoms with Gasteiger partial charge < -0.3 is 14.8 Å². The van der Waals surface area contributed by atoms with Gasteiger partial charge in [-0.3, -0.25) is 0 Å². The summed E-state index contributed by atoms with van der Waals surface area (Å²) in [4.78, 5) is 17.2. The lowest BCUT2D eigenvalue weighted by atomic mass is 10.2. The summed E-state index contributed by atoms with van der Waals surface area (Å²) in [7, 11) is 1.35. The maximum atomic E-state index is 13.2. The highest BCUT2D eigenvalue weighted by Crippen LogP contribution is 2.24. The van der Waals surface area contributed by atoms with Gasteiger partial charge in [0.25, 0.3) is 0 Å². The number of carboxylic acids is 1. The molecule has 0 aliphatic rings. The van der Waals surface area contributed by atoms with Crippen LogP contribution in [0.5, 0.6) is 5.75 Å². The van der Waals surface area contributed by atoms with Crippen molar-refractivity contribution in [2.24, 2.45) is 0 Å². The van der Waals surface area contributed by atoms with Crippen LogP contribution in [-0.2, 0) is 0 Å². The first-order valence-electron chi connectivity index (χ1n) is 4.74. The van der Waals surface area contributed by atoms with Gasteiger partial charge in [-0.2, -0.15) is 0 Å². The van der Waals surface area contributed by atoms with Crippen molar-refractivity contribution < 1.29 is 19.0 Å². The molecule has 1 heterocycles. The van der Waals surface area contributed by atoms with Crippen LogP contribution in [0.25, 0.3) is 11.4 Å². The van der Waals surface area contributed by atoms with Crippen LogP contribution in [0.2, 0.25) is 0 Å². The molecule has 0 fully saturated rings. The standard InChI is InChI=1S/C11H9FN2O3/c1-17-9-4-6(2-3-7(9)12)10-13-5-8(14-10)11(15)16/h2-5H,1H3,(H,13,14)(H,15,16). The number of H-pyrrole nitrogens is 1. The zero-order chi connectivity index (χ0) is 12.4. The van der Waals surface area contributed by atoms with E-state index < -0.39 is 11.8 Å². The Morgan fingerprint density at radius 2 is 2.29 bits per heavy atom. The van der Waals surface area contributed by atoms with Gasteiger partial charge in [0.05, 0.1) is 7.11 Å². The zero-order valence-electron chi connectivity index (χ0n) is 8.90. The Balaban J connectivity index is 2.42. The number of carbonyl (C=O) groups is 1. The fourth-order valence-corrected chi connectivity index (χ4v) is 1.39. The van der Waals surface area contributed by atoms with Gasteiger partial charge in [-0.15, -0.1) is 0 Å². The van der Waals surface area contributed by atoms with Crippen molar-refractivity contribution in [2.45, 2.75) is 0 Å². The minimum atomic E-state index is -1.12. The lowest BCUT2D eigenvalue weighted by molar-refractivity contribution is 0.0691. The summed E-state index contributed by atoms with van der Waals surface area (Å²) in [5.74, 6) is -1.18. The molecule has 0 bridgehead atoms. The largest absolute Gasteiger partial charge is 0.494 e. The van der Waals surface area contributed by atoms with Gasteiger partial charge in [0.15, 0.2) is 17.3 Å². The van der Waals surface area contributed by atoms with Gasteiger partial charge in [-0.25, -0.2) is 14.2 Å². The number of benzene rings is 1. The quantitative estimate of drug-likeness (QED) is 0.853. The van der Waals surface area contributed by atoms with E-state index in [9.17, 15) is 9.18 Å². The second-order valence-corrected chi connectivity index (χ2v) is 3.29. The van der Waals surface area contributed by atoms with Crippen molar-refractivity contribution in [3.8, 4) is 17.1 Å². The molecule has 0 amide bonds. The molecule has 0 aliphatic carbocycles. The third-order valence-corrected chi connectivity index (χ3v) is 2.22. The van der Waals surface area contributed by atoms with Crippen LogP contribution in [0, 0.1) is 5.82 Å². The van der Waals surface area contributed by atoms with E-state index in [1.807, 2.05) is 0 Å². The lowest BCUT2D eigenvalue weighted by Crippen LogP contribution is -1.95. The van der Waals surface area contributed by atoms with E-state index in [0.29, 0.717) is 11.4 Å². The van der Waals surface area contributed by atoms with Gasteiger partial charge in [0, 0.05) is 11.8 Å². The number of aromatic carboxylic acids is 1. The summed E-state index contributed by atoms with van der Waals surface area (Å²) < 4.78 is 18.0. The monoisotopic (exact) mass is 236 g/mol. The van der Waals surface area contributed by atoms with E-state index in [4.69, 9.17) is 9.84 Å². The molecular weight excluding hydrogens is 227 g/mol. The summed E-state index contributed by atoms with van der Waals surface area (Å²) in [6, 6.07) is 4.17. The molecule has 0 saturated carbocycles. The molecule has 0 saturated heterocycles. The number of imidazole rings is 1. The van der Waals surface area contributed by atoms with Crippen LogP contribution in [0.1, 0.15) is 10.5 Å². The molecule has 17 heavy (non-hydrogen) atoms. The molecule has 6 heteroatoms. The highest BCUT2D eigenvalue weighted by molar-refractivity contribution is 5.85. The van der Waals surface area contributed by atoms with E-state index >= 15 is 0 Å². The van der Waals surface area contributed by atoms with Crippen molar-refractivity contribution in [3.63, 3.8) is 0 Å². The van der Waals surface area contributed by atoms with E-state index in [1.165, 1.54) is 31.5 Å². The Kier molecular flexibility index (Phi) is 2.78. The van der Waals surface area contributed by atoms with Gasteiger partial charge in [-0.1, -0.05) is 0 Å². The molecule has 0 aliphatic heterocycles. The topological polar surface area (TPSA) is 75.2 Å². The molecule has 0 atom stereocenters. The Morgan fingerprint density at radius 3 is 2.88 bits per heavy atom. The molecule has 88 valence electrons. The summed E-state index contributed by atoms with van der Waals surface area (Å²) >= 11 is 0. The van der Waals surface area contributed by atoms with Gasteiger partial charge in [0.1, 0.15) is 5.82 Å². The SMILES string of the molecule is COc1cc(-c2nc(C(=O)O)c[nH]2)ccc1F. The first-order valence-corrected chi connectivity index (χ1v) is 4.74. The lowest BCUT2D eigenvalue weighted by Gasteiger charge is -2.03. The second kappa shape index (κ2) is 4.25. The molecule has 5 nitrogen and oxygen atoms in total. The van der Waals surface area contributed by atoms with Crippen LogP contribution in [0.3, 0.4) is 0 Å². The predicted molar refractivity (Wildman–Crippen MR) is 57.5 cm³/mol. The van der Waals surface area contributed by atoms with Crippen LogP contribution in [0.4, 0.5) is 4.39 Å². The molecule has 1 aromatic heterocycles. The van der Waals surface area contributed by atoms with E-state index in [-0.39, 0.29) is 11.4 Å². The maximum absolute atomic E-state index is 13.2. The fraction of sp³-hybridized carbons (Fsp3) is 0.0909. The predicted octanol–water partition coefficient (Wildman–Crippen LogP) is 1.92.